The second-order valence-electron chi connectivity index (χ2n) is 6.55. The molecule has 0 radical (unpaired) electrons. The van der Waals surface area contributed by atoms with E-state index in [0.717, 1.165) is 0 Å². The van der Waals surface area contributed by atoms with Gasteiger partial charge in [0, 0.05) is 25.1 Å². The molecule has 3 rings (SSSR count). The van der Waals surface area contributed by atoms with Gasteiger partial charge in [-0.05, 0) is 32.9 Å². The van der Waals surface area contributed by atoms with Crippen molar-refractivity contribution in [2.45, 2.75) is 33.2 Å². The second kappa shape index (κ2) is 7.59. The van der Waals surface area contributed by atoms with E-state index in [0.29, 0.717) is 30.4 Å². The minimum atomic E-state index is -0.410. The molecule has 1 aromatic heterocycles. The van der Waals surface area contributed by atoms with Gasteiger partial charge in [0.05, 0.1) is 24.4 Å². The standard InChI is InChI=1S/C19H24N4O3/c1-4-26-16-8-6-5-7-15(16)22-12-14(11-18(22)24)19(25)21-17-9-10-20-23(17)13(2)3/h5-10,13-14H,4,11-12H2,1-3H3,(H,21,25). The fourth-order valence-electron chi connectivity index (χ4n) is 3.13. The normalized spacial score (nSPS) is 17.0. The van der Waals surface area contributed by atoms with E-state index >= 15 is 0 Å². The number of amides is 2. The average Bonchev–Trinajstić information content (AvgIpc) is 3.22. The molecule has 1 saturated heterocycles. The van der Waals surface area contributed by atoms with Crippen molar-refractivity contribution in [3.05, 3.63) is 36.5 Å². The molecule has 2 aromatic rings. The van der Waals surface area contributed by atoms with Gasteiger partial charge < -0.3 is 15.0 Å². The molecule has 1 atom stereocenters. The molecule has 1 aromatic carbocycles. The maximum atomic E-state index is 12.7. The molecule has 138 valence electrons. The van der Waals surface area contributed by atoms with Gasteiger partial charge in [0.25, 0.3) is 0 Å². The van der Waals surface area contributed by atoms with Crippen LogP contribution in [0.15, 0.2) is 36.5 Å². The van der Waals surface area contributed by atoms with E-state index in [1.807, 2.05) is 45.0 Å². The Bertz CT molecular complexity index is 800. The molecule has 0 bridgehead atoms. The van der Waals surface area contributed by atoms with Gasteiger partial charge in [0.15, 0.2) is 0 Å². The number of rotatable bonds is 6. The minimum absolute atomic E-state index is 0.0744. The van der Waals surface area contributed by atoms with Crippen LogP contribution in [0.1, 0.15) is 33.2 Å². The fraction of sp³-hybridized carbons (Fsp3) is 0.421. The van der Waals surface area contributed by atoms with E-state index in [2.05, 4.69) is 10.4 Å². The van der Waals surface area contributed by atoms with Crippen LogP contribution >= 0.6 is 0 Å². The van der Waals surface area contributed by atoms with Crippen LogP contribution in [0.5, 0.6) is 5.75 Å². The van der Waals surface area contributed by atoms with Crippen LogP contribution in [0, 0.1) is 5.92 Å². The minimum Gasteiger partial charge on any atom is -0.492 e. The molecule has 1 aliphatic heterocycles. The maximum Gasteiger partial charge on any atom is 0.230 e. The monoisotopic (exact) mass is 356 g/mol. The zero-order chi connectivity index (χ0) is 18.7. The first-order valence-corrected chi connectivity index (χ1v) is 8.87. The third kappa shape index (κ3) is 3.56. The smallest absolute Gasteiger partial charge is 0.230 e. The number of benzene rings is 1. The summed E-state index contributed by atoms with van der Waals surface area (Å²) in [5, 5.41) is 7.11. The molecule has 2 amide bonds. The molecule has 26 heavy (non-hydrogen) atoms. The quantitative estimate of drug-likeness (QED) is 0.863. The number of nitrogens with one attached hydrogen (secondary N) is 1. The highest BCUT2D eigenvalue weighted by Crippen LogP contribution is 2.33. The van der Waals surface area contributed by atoms with E-state index in [-0.39, 0.29) is 24.3 Å². The highest BCUT2D eigenvalue weighted by Gasteiger charge is 2.36. The average molecular weight is 356 g/mol. The van der Waals surface area contributed by atoms with Crippen LogP contribution in [-0.2, 0) is 9.59 Å². The number of aromatic nitrogens is 2. The summed E-state index contributed by atoms with van der Waals surface area (Å²) in [6.45, 7) is 6.74. The largest absolute Gasteiger partial charge is 0.492 e. The first-order chi connectivity index (χ1) is 12.5. The lowest BCUT2D eigenvalue weighted by molar-refractivity contribution is -0.122. The highest BCUT2D eigenvalue weighted by molar-refractivity contribution is 6.04. The Morgan fingerprint density at radius 1 is 1.35 bits per heavy atom. The van der Waals surface area contributed by atoms with Crippen molar-refractivity contribution in [2.24, 2.45) is 5.92 Å². The molecule has 7 heteroatoms. The molecular weight excluding hydrogens is 332 g/mol. The van der Waals surface area contributed by atoms with Gasteiger partial charge in [-0.1, -0.05) is 12.1 Å². The maximum absolute atomic E-state index is 12.7. The van der Waals surface area contributed by atoms with Crippen LogP contribution in [0.4, 0.5) is 11.5 Å². The molecule has 1 aliphatic rings. The van der Waals surface area contributed by atoms with E-state index in [1.165, 1.54) is 0 Å². The molecule has 0 spiro atoms. The van der Waals surface area contributed by atoms with Crippen LogP contribution in [0.2, 0.25) is 0 Å². The van der Waals surface area contributed by atoms with Crippen molar-refractivity contribution in [3.63, 3.8) is 0 Å². The lowest BCUT2D eigenvalue weighted by atomic mass is 10.1. The van der Waals surface area contributed by atoms with Gasteiger partial charge >= 0.3 is 0 Å². The van der Waals surface area contributed by atoms with E-state index in [9.17, 15) is 9.59 Å². The predicted octanol–water partition coefficient (Wildman–Crippen LogP) is 2.85. The number of nitrogens with zero attached hydrogens (tertiary/aromatic N) is 3. The van der Waals surface area contributed by atoms with E-state index in [1.54, 1.807) is 21.8 Å². The second-order valence-corrected chi connectivity index (χ2v) is 6.55. The summed E-state index contributed by atoms with van der Waals surface area (Å²) in [4.78, 5) is 26.8. The number of ether oxygens (including phenoxy) is 1. The number of carbonyl (C=O) groups excluding carboxylic acids is 2. The van der Waals surface area contributed by atoms with Crippen LogP contribution in [-0.4, -0.2) is 34.7 Å². The number of hydrogen-bond acceptors (Lipinski definition) is 4. The van der Waals surface area contributed by atoms with Crippen molar-refractivity contribution in [3.8, 4) is 5.75 Å². The van der Waals surface area contributed by atoms with Crippen molar-refractivity contribution in [1.82, 2.24) is 9.78 Å². The van der Waals surface area contributed by atoms with Crippen molar-refractivity contribution < 1.29 is 14.3 Å². The number of hydrogen-bond donors (Lipinski definition) is 1. The number of anilines is 2. The van der Waals surface area contributed by atoms with Crippen molar-refractivity contribution in [2.75, 3.05) is 23.4 Å². The Labute approximate surface area is 152 Å². The predicted molar refractivity (Wildman–Crippen MR) is 99.3 cm³/mol. The zero-order valence-corrected chi connectivity index (χ0v) is 15.3. The molecule has 1 N–H and O–H groups in total. The molecule has 0 aliphatic carbocycles. The Balaban J connectivity index is 1.73. The van der Waals surface area contributed by atoms with Gasteiger partial charge in [-0.25, -0.2) is 4.68 Å². The fourth-order valence-corrected chi connectivity index (χ4v) is 3.13. The molecule has 2 heterocycles. The lowest BCUT2D eigenvalue weighted by Gasteiger charge is -2.20. The third-order valence-electron chi connectivity index (χ3n) is 4.36. The summed E-state index contributed by atoms with van der Waals surface area (Å²) >= 11 is 0. The molecule has 7 nitrogen and oxygen atoms in total. The van der Waals surface area contributed by atoms with Gasteiger partial charge in [-0.2, -0.15) is 5.10 Å². The summed E-state index contributed by atoms with van der Waals surface area (Å²) in [7, 11) is 0. The Hall–Kier alpha value is -2.83. The van der Waals surface area contributed by atoms with Crippen LogP contribution in [0.25, 0.3) is 0 Å². The first-order valence-electron chi connectivity index (χ1n) is 8.87. The Kier molecular flexibility index (Phi) is 5.25. The molecule has 0 saturated carbocycles. The van der Waals surface area contributed by atoms with Gasteiger partial charge in [0.2, 0.25) is 11.8 Å². The Morgan fingerprint density at radius 3 is 2.85 bits per heavy atom. The Morgan fingerprint density at radius 2 is 2.12 bits per heavy atom. The zero-order valence-electron chi connectivity index (χ0n) is 15.3. The molecule has 1 fully saturated rings. The molecule has 1 unspecified atom stereocenters. The lowest BCUT2D eigenvalue weighted by Crippen LogP contribution is -2.29. The SMILES string of the molecule is CCOc1ccccc1N1CC(C(=O)Nc2ccnn2C(C)C)CC1=O. The van der Waals surface area contributed by atoms with Gasteiger partial charge in [-0.15, -0.1) is 0 Å². The number of carbonyl (C=O) groups is 2. The van der Waals surface area contributed by atoms with E-state index in [4.69, 9.17) is 4.74 Å². The van der Waals surface area contributed by atoms with Crippen molar-refractivity contribution in [1.29, 1.82) is 0 Å². The van der Waals surface area contributed by atoms with Crippen molar-refractivity contribution >= 4 is 23.3 Å². The van der Waals surface area contributed by atoms with Gasteiger partial charge in [-0.3, -0.25) is 9.59 Å². The van der Waals surface area contributed by atoms with Crippen LogP contribution < -0.4 is 15.0 Å². The molecular formula is C19H24N4O3. The van der Waals surface area contributed by atoms with E-state index < -0.39 is 5.92 Å². The topological polar surface area (TPSA) is 76.5 Å². The summed E-state index contributed by atoms with van der Waals surface area (Å²) < 4.78 is 7.36. The summed E-state index contributed by atoms with van der Waals surface area (Å²) in [6, 6.07) is 9.31. The highest BCUT2D eigenvalue weighted by atomic mass is 16.5. The van der Waals surface area contributed by atoms with Crippen LogP contribution in [0.3, 0.4) is 0 Å². The summed E-state index contributed by atoms with van der Waals surface area (Å²) in [5.74, 6) is 0.646. The third-order valence-corrected chi connectivity index (χ3v) is 4.36. The first kappa shape index (κ1) is 18.0. The van der Waals surface area contributed by atoms with Gasteiger partial charge in [0.1, 0.15) is 11.6 Å². The summed E-state index contributed by atoms with van der Waals surface area (Å²) in [5.41, 5.74) is 0.710. The number of para-hydroxylation sites is 2. The summed E-state index contributed by atoms with van der Waals surface area (Å²) in [6.07, 6.45) is 1.84.